The van der Waals surface area contributed by atoms with E-state index in [2.05, 4.69) is 48.1 Å². The first-order chi connectivity index (χ1) is 32.9. The van der Waals surface area contributed by atoms with Crippen LogP contribution in [-0.2, 0) is 9.59 Å². The van der Waals surface area contributed by atoms with Crippen LogP contribution in [0.1, 0.15) is 317 Å². The average Bonchev–Trinajstić information content (AvgIpc) is 3.32. The Balaban J connectivity index is 2.47. The van der Waals surface area contributed by atoms with Gasteiger partial charge in [-0.3, -0.25) is 9.59 Å². The van der Waals surface area contributed by atoms with Crippen LogP contribution >= 0.6 is 0 Å². The molecule has 0 aromatic heterocycles. The lowest BCUT2D eigenvalue weighted by atomic mass is 10.0. The molecule has 67 heavy (non-hydrogen) atoms. The molecule has 7 nitrogen and oxygen atoms in total. The van der Waals surface area contributed by atoms with Crippen molar-refractivity contribution in [3.8, 4) is 0 Å². The maximum absolute atomic E-state index is 13.3. The second kappa shape index (κ2) is 49.8. The quantitative estimate of drug-likeness (QED) is 0.0529. The van der Waals surface area contributed by atoms with Gasteiger partial charge in [0.25, 0.3) is 0 Å². The second-order valence-electron chi connectivity index (χ2n) is 21.7. The summed E-state index contributed by atoms with van der Waals surface area (Å²) in [5.41, 5.74) is 0. The minimum Gasteiger partial charge on any atom is -0.392 e. The molecule has 0 radical (unpaired) electrons. The van der Waals surface area contributed by atoms with Crippen molar-refractivity contribution in [1.82, 2.24) is 20.4 Å². The maximum atomic E-state index is 13.3. The van der Waals surface area contributed by atoms with Crippen LogP contribution < -0.4 is 10.6 Å². The summed E-state index contributed by atoms with van der Waals surface area (Å²) in [6, 6.07) is -0.829. The van der Waals surface area contributed by atoms with Gasteiger partial charge >= 0.3 is 0 Å². The first kappa shape index (κ1) is 63.8. The molecule has 1 saturated heterocycles. The normalized spacial score (nSPS) is 15.8. The van der Waals surface area contributed by atoms with Gasteiger partial charge in [0, 0.05) is 6.54 Å². The number of hydrogen-bond acceptors (Lipinski definition) is 5. The zero-order valence-corrected chi connectivity index (χ0v) is 46.0. The number of carbonyl (C=O) groups is 2. The minimum absolute atomic E-state index is 0.00356. The zero-order chi connectivity index (χ0) is 48.5. The molecule has 7 heteroatoms. The molecule has 0 bridgehead atoms. The molecule has 0 aliphatic carbocycles. The van der Waals surface area contributed by atoms with Crippen molar-refractivity contribution in [1.29, 1.82) is 0 Å². The van der Waals surface area contributed by atoms with E-state index in [1.165, 1.54) is 251 Å². The summed E-state index contributed by atoms with van der Waals surface area (Å²) < 4.78 is 0. The van der Waals surface area contributed by atoms with Crippen LogP contribution in [0.2, 0.25) is 0 Å². The summed E-state index contributed by atoms with van der Waals surface area (Å²) in [4.78, 5) is 31.7. The smallest absolute Gasteiger partial charge is 0.243 e. The van der Waals surface area contributed by atoms with Crippen LogP contribution in [0, 0.1) is 0 Å². The van der Waals surface area contributed by atoms with E-state index in [4.69, 9.17) is 0 Å². The molecule has 1 rings (SSSR count). The number of hydrogen-bond donors (Lipinski definition) is 3. The topological polar surface area (TPSA) is 84.9 Å². The van der Waals surface area contributed by atoms with Gasteiger partial charge in [-0.05, 0) is 96.9 Å². The van der Waals surface area contributed by atoms with Gasteiger partial charge in [-0.15, -0.1) is 0 Å². The summed E-state index contributed by atoms with van der Waals surface area (Å²) in [7, 11) is 0. The molecular weight excluding hydrogens is 825 g/mol. The van der Waals surface area contributed by atoms with Crippen LogP contribution in [0.15, 0.2) is 0 Å². The molecule has 1 aliphatic heterocycles. The van der Waals surface area contributed by atoms with Gasteiger partial charge in [-0.2, -0.15) is 0 Å². The summed E-state index contributed by atoms with van der Waals surface area (Å²) in [5, 5.41) is 17.3. The molecule has 0 unspecified atom stereocenters. The largest absolute Gasteiger partial charge is 0.392 e. The van der Waals surface area contributed by atoms with Crippen LogP contribution in [0.4, 0.5) is 0 Å². The first-order valence-electron chi connectivity index (χ1n) is 30.7. The number of nitrogens with zero attached hydrogens (tertiary/aromatic N) is 2. The van der Waals surface area contributed by atoms with Crippen LogP contribution in [-0.4, -0.2) is 84.2 Å². The molecule has 0 spiro atoms. The second-order valence-corrected chi connectivity index (χ2v) is 21.7. The van der Waals surface area contributed by atoms with Gasteiger partial charge in [0.05, 0.1) is 6.10 Å². The van der Waals surface area contributed by atoms with Crippen molar-refractivity contribution < 1.29 is 14.7 Å². The summed E-state index contributed by atoms with van der Waals surface area (Å²) in [6.07, 6.45) is 57.3. The molecule has 0 saturated carbocycles. The zero-order valence-electron chi connectivity index (χ0n) is 46.0. The third-order valence-electron chi connectivity index (χ3n) is 15.0. The maximum Gasteiger partial charge on any atom is 0.243 e. The minimum atomic E-state index is -0.427. The number of unbranched alkanes of at least 4 members (excludes halogenated alkanes) is 36. The molecule has 398 valence electrons. The van der Waals surface area contributed by atoms with Gasteiger partial charge in [-0.25, -0.2) is 0 Å². The lowest BCUT2D eigenvalue weighted by Gasteiger charge is -2.30. The van der Waals surface area contributed by atoms with Crippen molar-refractivity contribution in [2.45, 2.75) is 335 Å². The van der Waals surface area contributed by atoms with Crippen molar-refractivity contribution in [3.05, 3.63) is 0 Å². The Kier molecular flexibility index (Phi) is 47.4. The van der Waals surface area contributed by atoms with E-state index in [9.17, 15) is 14.7 Å². The van der Waals surface area contributed by atoms with Crippen LogP contribution in [0.25, 0.3) is 0 Å². The van der Waals surface area contributed by atoms with E-state index >= 15 is 0 Å². The highest BCUT2D eigenvalue weighted by Crippen LogP contribution is 2.18. The highest BCUT2D eigenvalue weighted by atomic mass is 16.3. The Morgan fingerprint density at radius 1 is 0.343 bits per heavy atom. The van der Waals surface area contributed by atoms with E-state index in [1.807, 2.05) is 0 Å². The van der Waals surface area contributed by atoms with E-state index < -0.39 is 12.1 Å². The molecule has 1 aliphatic rings. The number of carbonyl (C=O) groups excluding carboxylic acids is 2. The Bertz CT molecular complexity index is 1020. The summed E-state index contributed by atoms with van der Waals surface area (Å²) in [6.45, 7) is 15.4. The van der Waals surface area contributed by atoms with Gasteiger partial charge in [0.15, 0.2) is 0 Å². The van der Waals surface area contributed by atoms with E-state index in [0.717, 1.165) is 71.1 Å². The van der Waals surface area contributed by atoms with Gasteiger partial charge in [0.2, 0.25) is 11.8 Å². The Hall–Kier alpha value is -1.18. The van der Waals surface area contributed by atoms with Crippen LogP contribution in [0.5, 0.6) is 0 Å². The Labute approximate surface area is 419 Å². The lowest BCUT2D eigenvalue weighted by Crippen LogP contribution is -2.61. The van der Waals surface area contributed by atoms with Crippen molar-refractivity contribution in [2.24, 2.45) is 0 Å². The van der Waals surface area contributed by atoms with Gasteiger partial charge in [-0.1, -0.05) is 252 Å². The molecule has 3 N–H and O–H groups in total. The highest BCUT2D eigenvalue weighted by Gasteiger charge is 2.32. The number of amides is 2. The fourth-order valence-corrected chi connectivity index (χ4v) is 10.5. The number of nitrogens with one attached hydrogen (secondary N) is 2. The predicted octanol–water partition coefficient (Wildman–Crippen LogP) is 16.6. The monoisotopic (exact) mass is 945 g/mol. The summed E-state index contributed by atoms with van der Waals surface area (Å²) >= 11 is 0. The molecular formula is C60H120N4O3. The number of rotatable bonds is 54. The number of piperazine rings is 1. The first-order valence-corrected chi connectivity index (χ1v) is 30.7. The molecule has 3 atom stereocenters. The number of aliphatic hydroxyl groups is 1. The average molecular weight is 946 g/mol. The predicted molar refractivity (Wildman–Crippen MR) is 293 cm³/mol. The van der Waals surface area contributed by atoms with Crippen molar-refractivity contribution in [3.63, 3.8) is 0 Å². The van der Waals surface area contributed by atoms with E-state index in [1.54, 1.807) is 0 Å². The van der Waals surface area contributed by atoms with Crippen LogP contribution in [0.3, 0.4) is 0 Å². The van der Waals surface area contributed by atoms with E-state index in [0.29, 0.717) is 6.42 Å². The highest BCUT2D eigenvalue weighted by molar-refractivity contribution is 5.96. The SMILES string of the molecule is CCCCCCCCCCCCN(CCCCCCCCCCCC)CCCC[C@@H]1NC(=O)[C@H](CCCCN(CCCCCCCCCCCC)C[C@@H](O)CCCCCCCCCC)NC1=O. The van der Waals surface area contributed by atoms with Crippen molar-refractivity contribution in [2.75, 3.05) is 39.3 Å². The molecule has 1 fully saturated rings. The number of aliphatic hydroxyl groups excluding tert-OH is 1. The Morgan fingerprint density at radius 2 is 0.582 bits per heavy atom. The third-order valence-corrected chi connectivity index (χ3v) is 15.0. The fourth-order valence-electron chi connectivity index (χ4n) is 10.5. The lowest BCUT2D eigenvalue weighted by molar-refractivity contribution is -0.137. The fraction of sp³-hybridized carbons (Fsp3) is 0.967. The van der Waals surface area contributed by atoms with Gasteiger partial charge < -0.3 is 25.5 Å². The molecule has 2 amide bonds. The third kappa shape index (κ3) is 41.2. The molecule has 0 aromatic carbocycles. The molecule has 0 aromatic rings. The molecule has 1 heterocycles. The van der Waals surface area contributed by atoms with Crippen molar-refractivity contribution >= 4 is 11.8 Å². The van der Waals surface area contributed by atoms with E-state index in [-0.39, 0.29) is 17.9 Å². The summed E-state index contributed by atoms with van der Waals surface area (Å²) in [5.74, 6) is 0.00000142. The van der Waals surface area contributed by atoms with Gasteiger partial charge in [0.1, 0.15) is 12.1 Å². The standard InChI is InChI=1S/C60H120N4O3/c1-5-9-13-17-21-25-28-32-36-42-50-63(51-43-37-33-29-26-22-18-14-10-6-2)52-45-40-48-57-59(66)62-58(60(67)61-57)49-41-46-54-64(53-44-38-34-30-27-23-19-15-11-7-3)55-56(65)47-39-35-31-24-20-16-12-8-4/h56-58,65H,5-55H2,1-4H3,(H,61,67)(H,62,66)/t56-,57-,58-/m0/s1. The Morgan fingerprint density at radius 3 is 0.881 bits per heavy atom.